The van der Waals surface area contributed by atoms with E-state index in [4.69, 9.17) is 0 Å². The van der Waals surface area contributed by atoms with E-state index in [9.17, 15) is 5.11 Å². The zero-order valence-corrected chi connectivity index (χ0v) is 9.70. The maximum Gasteiger partial charge on any atom is 0.105 e. The van der Waals surface area contributed by atoms with Gasteiger partial charge in [-0.2, -0.15) is 0 Å². The van der Waals surface area contributed by atoms with Crippen LogP contribution in [0, 0.1) is 6.92 Å². The highest BCUT2D eigenvalue weighted by atomic mass is 16.3. The Bertz CT molecular complexity index is 313. The van der Waals surface area contributed by atoms with Crippen LogP contribution in [0.5, 0.6) is 0 Å². The van der Waals surface area contributed by atoms with Crippen molar-refractivity contribution < 1.29 is 5.11 Å². The first-order valence-corrected chi connectivity index (χ1v) is 5.01. The largest absolute Gasteiger partial charge is 0.393 e. The molecule has 0 aromatic carbocycles. The third-order valence-electron chi connectivity index (χ3n) is 2.72. The molecule has 0 aliphatic heterocycles. The number of aliphatic hydroxyl groups is 1. The van der Waals surface area contributed by atoms with Gasteiger partial charge in [0, 0.05) is 24.4 Å². The molecule has 0 saturated carbocycles. The topological polar surface area (TPSA) is 38.1 Å². The highest BCUT2D eigenvalue weighted by molar-refractivity contribution is 5.15. The molecule has 80 valence electrons. The maximum absolute atomic E-state index is 9.42. The standard InChI is InChI=1S/C11H20N2O/c1-8(14)6-11(3,4)10-7-12-9(2)13(10)5/h7-8,14H,6H2,1-5H3. The van der Waals surface area contributed by atoms with E-state index in [1.54, 1.807) is 0 Å². The van der Waals surface area contributed by atoms with Gasteiger partial charge in [0.05, 0.1) is 6.10 Å². The fourth-order valence-corrected chi connectivity index (χ4v) is 1.97. The fourth-order valence-electron chi connectivity index (χ4n) is 1.97. The minimum atomic E-state index is -0.278. The summed E-state index contributed by atoms with van der Waals surface area (Å²) >= 11 is 0. The molecule has 14 heavy (non-hydrogen) atoms. The van der Waals surface area contributed by atoms with E-state index in [-0.39, 0.29) is 11.5 Å². The zero-order valence-electron chi connectivity index (χ0n) is 9.70. The second-order valence-corrected chi connectivity index (χ2v) is 4.69. The summed E-state index contributed by atoms with van der Waals surface area (Å²) in [5.74, 6) is 1.01. The van der Waals surface area contributed by atoms with Crippen molar-refractivity contribution in [1.29, 1.82) is 0 Å². The predicted molar refractivity (Wildman–Crippen MR) is 57.3 cm³/mol. The number of aliphatic hydroxyl groups excluding tert-OH is 1. The molecule has 1 aromatic rings. The third-order valence-corrected chi connectivity index (χ3v) is 2.72. The third kappa shape index (κ3) is 2.15. The molecule has 0 aliphatic carbocycles. The van der Waals surface area contributed by atoms with Crippen LogP contribution in [0.3, 0.4) is 0 Å². The van der Waals surface area contributed by atoms with Crippen LogP contribution in [0.2, 0.25) is 0 Å². The van der Waals surface area contributed by atoms with Crippen molar-refractivity contribution in [3.05, 3.63) is 17.7 Å². The molecule has 0 radical (unpaired) electrons. The summed E-state index contributed by atoms with van der Waals surface area (Å²) in [7, 11) is 2.02. The quantitative estimate of drug-likeness (QED) is 0.800. The number of rotatable bonds is 3. The fraction of sp³-hybridized carbons (Fsp3) is 0.727. The average molecular weight is 196 g/mol. The van der Waals surface area contributed by atoms with Crippen molar-refractivity contribution in [3.8, 4) is 0 Å². The van der Waals surface area contributed by atoms with Gasteiger partial charge in [-0.25, -0.2) is 4.98 Å². The predicted octanol–water partition coefficient (Wildman–Crippen LogP) is 1.78. The van der Waals surface area contributed by atoms with Gasteiger partial charge < -0.3 is 9.67 Å². The lowest BCUT2D eigenvalue weighted by atomic mass is 9.84. The molecule has 1 rings (SSSR count). The molecule has 0 saturated heterocycles. The smallest absolute Gasteiger partial charge is 0.105 e. The Morgan fingerprint density at radius 1 is 1.57 bits per heavy atom. The Balaban J connectivity index is 2.97. The minimum absolute atomic E-state index is 0.0236. The number of aryl methyl sites for hydroxylation is 1. The first kappa shape index (κ1) is 11.2. The molecule has 1 aromatic heterocycles. The molecule has 1 N–H and O–H groups in total. The van der Waals surface area contributed by atoms with Crippen LogP contribution in [-0.4, -0.2) is 20.8 Å². The molecule has 0 fully saturated rings. The molecule has 3 heteroatoms. The normalized spacial score (nSPS) is 14.4. The van der Waals surface area contributed by atoms with Gasteiger partial charge in [-0.3, -0.25) is 0 Å². The number of imidazole rings is 1. The van der Waals surface area contributed by atoms with Crippen molar-refractivity contribution in [2.24, 2.45) is 7.05 Å². The first-order chi connectivity index (χ1) is 6.34. The Kier molecular flexibility index (Phi) is 3.00. The second kappa shape index (κ2) is 3.73. The Morgan fingerprint density at radius 3 is 2.50 bits per heavy atom. The van der Waals surface area contributed by atoms with E-state index in [0.717, 1.165) is 12.2 Å². The first-order valence-electron chi connectivity index (χ1n) is 5.01. The summed E-state index contributed by atoms with van der Waals surface area (Å²) < 4.78 is 2.09. The minimum Gasteiger partial charge on any atom is -0.393 e. The van der Waals surface area contributed by atoms with E-state index in [0.29, 0.717) is 0 Å². The number of aromatic nitrogens is 2. The van der Waals surface area contributed by atoms with Crippen molar-refractivity contribution >= 4 is 0 Å². The summed E-state index contributed by atoms with van der Waals surface area (Å²) in [6.45, 7) is 8.08. The molecule has 3 nitrogen and oxygen atoms in total. The Morgan fingerprint density at radius 2 is 2.14 bits per heavy atom. The lowest BCUT2D eigenvalue weighted by Gasteiger charge is -2.26. The molecular formula is C11H20N2O. The summed E-state index contributed by atoms with van der Waals surface area (Å²) in [5, 5.41) is 9.42. The van der Waals surface area contributed by atoms with Gasteiger partial charge in [0.1, 0.15) is 5.82 Å². The lowest BCUT2D eigenvalue weighted by Crippen LogP contribution is -2.25. The summed E-state index contributed by atoms with van der Waals surface area (Å²) in [5.41, 5.74) is 1.15. The van der Waals surface area contributed by atoms with E-state index >= 15 is 0 Å². The molecule has 1 atom stereocenters. The van der Waals surface area contributed by atoms with Gasteiger partial charge >= 0.3 is 0 Å². The lowest BCUT2D eigenvalue weighted by molar-refractivity contribution is 0.154. The molecule has 0 amide bonds. The highest BCUT2D eigenvalue weighted by Gasteiger charge is 2.26. The zero-order chi connectivity index (χ0) is 10.9. The van der Waals surface area contributed by atoms with E-state index in [2.05, 4.69) is 23.4 Å². The number of hydrogen-bond acceptors (Lipinski definition) is 2. The van der Waals surface area contributed by atoms with Crippen LogP contribution >= 0.6 is 0 Å². The Hall–Kier alpha value is -0.830. The maximum atomic E-state index is 9.42. The van der Waals surface area contributed by atoms with E-state index in [1.165, 1.54) is 5.69 Å². The molecular weight excluding hydrogens is 176 g/mol. The van der Waals surface area contributed by atoms with Crippen molar-refractivity contribution in [1.82, 2.24) is 9.55 Å². The summed E-state index contributed by atoms with van der Waals surface area (Å²) in [4.78, 5) is 4.27. The van der Waals surface area contributed by atoms with Crippen LogP contribution in [-0.2, 0) is 12.5 Å². The molecule has 0 bridgehead atoms. The molecule has 0 aliphatic rings. The molecule has 1 unspecified atom stereocenters. The molecule has 1 heterocycles. The SMILES string of the molecule is Cc1ncc(C(C)(C)CC(C)O)n1C. The van der Waals surface area contributed by atoms with Crippen molar-refractivity contribution in [2.75, 3.05) is 0 Å². The number of nitrogens with zero attached hydrogens (tertiary/aromatic N) is 2. The molecule has 0 spiro atoms. The summed E-state index contributed by atoms with van der Waals surface area (Å²) in [6.07, 6.45) is 2.38. The van der Waals surface area contributed by atoms with Crippen LogP contribution in [0.25, 0.3) is 0 Å². The number of hydrogen-bond donors (Lipinski definition) is 1. The van der Waals surface area contributed by atoms with E-state index in [1.807, 2.05) is 27.1 Å². The monoisotopic (exact) mass is 196 g/mol. The van der Waals surface area contributed by atoms with Crippen LogP contribution < -0.4 is 0 Å². The van der Waals surface area contributed by atoms with Gasteiger partial charge in [-0.05, 0) is 20.3 Å². The van der Waals surface area contributed by atoms with Gasteiger partial charge in [0.2, 0.25) is 0 Å². The van der Waals surface area contributed by atoms with Crippen molar-refractivity contribution in [2.45, 2.75) is 45.6 Å². The van der Waals surface area contributed by atoms with Gasteiger partial charge in [-0.15, -0.1) is 0 Å². The van der Waals surface area contributed by atoms with Crippen molar-refractivity contribution in [3.63, 3.8) is 0 Å². The Labute approximate surface area is 85.8 Å². The average Bonchev–Trinajstić information content (AvgIpc) is 2.30. The second-order valence-electron chi connectivity index (χ2n) is 4.69. The van der Waals surface area contributed by atoms with Gasteiger partial charge in [-0.1, -0.05) is 13.8 Å². The van der Waals surface area contributed by atoms with Crippen LogP contribution in [0.4, 0.5) is 0 Å². The van der Waals surface area contributed by atoms with Crippen LogP contribution in [0.1, 0.15) is 38.7 Å². The highest BCUT2D eigenvalue weighted by Crippen LogP contribution is 2.28. The van der Waals surface area contributed by atoms with Gasteiger partial charge in [0.15, 0.2) is 0 Å². The van der Waals surface area contributed by atoms with Gasteiger partial charge in [0.25, 0.3) is 0 Å². The van der Waals surface area contributed by atoms with E-state index < -0.39 is 0 Å². The summed E-state index contributed by atoms with van der Waals surface area (Å²) in [6, 6.07) is 0. The van der Waals surface area contributed by atoms with Crippen LogP contribution in [0.15, 0.2) is 6.20 Å².